The number of thiophene rings is 1. The Morgan fingerprint density at radius 2 is 2.00 bits per heavy atom. The number of carbonyl (C=O) groups excluding carboxylic acids is 2. The summed E-state index contributed by atoms with van der Waals surface area (Å²) in [6.07, 6.45) is 4.63. The summed E-state index contributed by atoms with van der Waals surface area (Å²) in [6.45, 7) is 2.72. The lowest BCUT2D eigenvalue weighted by molar-refractivity contribution is -0.119. The minimum atomic E-state index is -0.411. The first-order chi connectivity index (χ1) is 13.6. The number of carbonyl (C=O) groups is 2. The number of amides is 2. The fourth-order valence-electron chi connectivity index (χ4n) is 3.27. The normalized spacial score (nSPS) is 14.5. The predicted octanol–water partition coefficient (Wildman–Crippen LogP) is 2.92. The van der Waals surface area contributed by atoms with Crippen LogP contribution < -0.4 is 15.9 Å². The van der Waals surface area contributed by atoms with Crippen LogP contribution in [0.3, 0.4) is 0 Å². The molecule has 0 radical (unpaired) electrons. The fourth-order valence-corrected chi connectivity index (χ4v) is 4.20. The van der Waals surface area contributed by atoms with Crippen LogP contribution in [0.15, 0.2) is 41.5 Å². The number of nitrogens with zero attached hydrogens (tertiary/aromatic N) is 3. The Kier molecular flexibility index (Phi) is 4.95. The molecule has 4 rings (SSSR count). The van der Waals surface area contributed by atoms with Crippen LogP contribution in [0.1, 0.15) is 41.4 Å². The third-order valence-electron chi connectivity index (χ3n) is 4.84. The molecule has 8 heteroatoms. The van der Waals surface area contributed by atoms with Crippen molar-refractivity contribution in [2.45, 2.75) is 32.6 Å². The molecule has 2 aromatic heterocycles. The standard InChI is InChI=1S/C20H20N4O3S/c1-2-15-11-16-19(28-15)21-12-24(20(16)27)22-18(26)13-6-8-14(9-7-13)23-10-4-3-5-17(23)25/h6-9,11-12H,2-5,10H2,1H3,(H,22,26). The molecule has 1 N–H and O–H groups in total. The molecule has 0 aliphatic carbocycles. The summed E-state index contributed by atoms with van der Waals surface area (Å²) in [7, 11) is 0. The van der Waals surface area contributed by atoms with Gasteiger partial charge >= 0.3 is 0 Å². The van der Waals surface area contributed by atoms with Crippen LogP contribution in [-0.2, 0) is 11.2 Å². The van der Waals surface area contributed by atoms with Crippen molar-refractivity contribution in [2.75, 3.05) is 16.9 Å². The molecule has 3 aromatic rings. The maximum atomic E-state index is 12.6. The Morgan fingerprint density at radius 3 is 2.71 bits per heavy atom. The number of aryl methyl sites for hydroxylation is 1. The van der Waals surface area contributed by atoms with Crippen molar-refractivity contribution < 1.29 is 9.59 Å². The minimum Gasteiger partial charge on any atom is -0.312 e. The van der Waals surface area contributed by atoms with Gasteiger partial charge in [0.2, 0.25) is 5.91 Å². The van der Waals surface area contributed by atoms with E-state index in [-0.39, 0.29) is 11.5 Å². The maximum absolute atomic E-state index is 12.6. The summed E-state index contributed by atoms with van der Waals surface area (Å²) < 4.78 is 1.11. The van der Waals surface area contributed by atoms with E-state index >= 15 is 0 Å². The zero-order valence-electron chi connectivity index (χ0n) is 15.5. The molecule has 0 atom stereocenters. The first-order valence-corrected chi connectivity index (χ1v) is 10.1. The Hall–Kier alpha value is -3.00. The molecule has 0 bridgehead atoms. The molecule has 0 unspecified atom stereocenters. The SMILES string of the molecule is CCc1cc2c(=O)n(NC(=O)c3ccc(N4CCCCC4=O)cc3)cnc2s1. The monoisotopic (exact) mass is 396 g/mol. The summed E-state index contributed by atoms with van der Waals surface area (Å²) in [5.41, 5.74) is 3.47. The van der Waals surface area contributed by atoms with E-state index in [0.717, 1.165) is 34.5 Å². The van der Waals surface area contributed by atoms with E-state index in [4.69, 9.17) is 0 Å². The number of hydrogen-bond acceptors (Lipinski definition) is 5. The zero-order chi connectivity index (χ0) is 19.7. The van der Waals surface area contributed by atoms with Crippen molar-refractivity contribution >= 4 is 39.1 Å². The highest BCUT2D eigenvalue weighted by Gasteiger charge is 2.20. The van der Waals surface area contributed by atoms with Gasteiger partial charge in [0.25, 0.3) is 11.5 Å². The second kappa shape index (κ2) is 7.55. The lowest BCUT2D eigenvalue weighted by Crippen LogP contribution is -2.35. The highest BCUT2D eigenvalue weighted by atomic mass is 32.1. The first kappa shape index (κ1) is 18.4. The molecule has 2 amide bonds. The topological polar surface area (TPSA) is 84.3 Å². The summed E-state index contributed by atoms with van der Waals surface area (Å²) in [5, 5.41) is 0.503. The molecule has 1 aliphatic rings. The van der Waals surface area contributed by atoms with Gasteiger partial charge in [-0.25, -0.2) is 9.66 Å². The van der Waals surface area contributed by atoms with E-state index in [1.165, 1.54) is 17.7 Å². The van der Waals surface area contributed by atoms with E-state index in [9.17, 15) is 14.4 Å². The third kappa shape index (κ3) is 3.43. The van der Waals surface area contributed by atoms with Crippen molar-refractivity contribution in [1.29, 1.82) is 0 Å². The van der Waals surface area contributed by atoms with Gasteiger partial charge in [0.15, 0.2) is 0 Å². The molecule has 7 nitrogen and oxygen atoms in total. The van der Waals surface area contributed by atoms with Gasteiger partial charge in [-0.1, -0.05) is 6.92 Å². The van der Waals surface area contributed by atoms with Crippen LogP contribution in [0.4, 0.5) is 5.69 Å². The molecule has 0 spiro atoms. The van der Waals surface area contributed by atoms with Crippen LogP contribution >= 0.6 is 11.3 Å². The van der Waals surface area contributed by atoms with Crippen molar-refractivity contribution in [3.05, 3.63) is 57.5 Å². The van der Waals surface area contributed by atoms with Crippen LogP contribution in [0.2, 0.25) is 0 Å². The molecular formula is C20H20N4O3S. The van der Waals surface area contributed by atoms with Gasteiger partial charge in [0.1, 0.15) is 11.2 Å². The van der Waals surface area contributed by atoms with Crippen LogP contribution in [0, 0.1) is 0 Å². The Balaban J connectivity index is 1.53. The molecule has 1 aromatic carbocycles. The third-order valence-corrected chi connectivity index (χ3v) is 6.03. The lowest BCUT2D eigenvalue weighted by Gasteiger charge is -2.26. The Bertz CT molecular complexity index is 1100. The molecular weight excluding hydrogens is 376 g/mol. The molecule has 1 fully saturated rings. The number of piperidine rings is 1. The first-order valence-electron chi connectivity index (χ1n) is 9.28. The zero-order valence-corrected chi connectivity index (χ0v) is 16.3. The van der Waals surface area contributed by atoms with E-state index in [0.29, 0.717) is 28.7 Å². The van der Waals surface area contributed by atoms with Crippen LogP contribution in [0.25, 0.3) is 10.2 Å². The molecule has 3 heterocycles. The van der Waals surface area contributed by atoms with Crippen molar-refractivity contribution in [1.82, 2.24) is 9.66 Å². The van der Waals surface area contributed by atoms with Gasteiger partial charge in [-0.15, -0.1) is 11.3 Å². The summed E-state index contributed by atoms with van der Waals surface area (Å²) in [6, 6.07) is 8.65. The second-order valence-electron chi connectivity index (χ2n) is 6.70. The number of nitrogens with one attached hydrogen (secondary N) is 1. The Morgan fingerprint density at radius 1 is 1.21 bits per heavy atom. The average Bonchev–Trinajstić information content (AvgIpc) is 3.15. The maximum Gasteiger partial charge on any atom is 0.280 e. The van der Waals surface area contributed by atoms with Crippen LogP contribution in [0.5, 0.6) is 0 Å². The highest BCUT2D eigenvalue weighted by Crippen LogP contribution is 2.22. The number of anilines is 1. The molecule has 1 saturated heterocycles. The smallest absolute Gasteiger partial charge is 0.280 e. The van der Waals surface area contributed by atoms with Crippen molar-refractivity contribution in [3.8, 4) is 0 Å². The number of hydrogen-bond donors (Lipinski definition) is 1. The number of fused-ring (bicyclic) bond motifs is 1. The molecule has 144 valence electrons. The van der Waals surface area contributed by atoms with E-state index in [2.05, 4.69) is 10.4 Å². The number of rotatable bonds is 4. The lowest BCUT2D eigenvalue weighted by atomic mass is 10.1. The quantitative estimate of drug-likeness (QED) is 0.735. The van der Waals surface area contributed by atoms with E-state index < -0.39 is 5.91 Å². The average molecular weight is 396 g/mol. The molecule has 28 heavy (non-hydrogen) atoms. The summed E-state index contributed by atoms with van der Waals surface area (Å²) >= 11 is 1.48. The number of aromatic nitrogens is 2. The minimum absolute atomic E-state index is 0.108. The number of benzene rings is 1. The van der Waals surface area contributed by atoms with Gasteiger partial charge in [-0.3, -0.25) is 19.8 Å². The van der Waals surface area contributed by atoms with E-state index in [1.54, 1.807) is 29.2 Å². The van der Waals surface area contributed by atoms with E-state index in [1.807, 2.05) is 13.0 Å². The predicted molar refractivity (Wildman–Crippen MR) is 110 cm³/mol. The van der Waals surface area contributed by atoms with Crippen LogP contribution in [-0.4, -0.2) is 28.0 Å². The highest BCUT2D eigenvalue weighted by molar-refractivity contribution is 7.18. The summed E-state index contributed by atoms with van der Waals surface area (Å²) in [5.74, 6) is -0.303. The van der Waals surface area contributed by atoms with Crippen molar-refractivity contribution in [3.63, 3.8) is 0 Å². The van der Waals surface area contributed by atoms with Gasteiger partial charge < -0.3 is 4.90 Å². The van der Waals surface area contributed by atoms with Gasteiger partial charge in [0, 0.05) is 29.1 Å². The van der Waals surface area contributed by atoms with Gasteiger partial charge in [-0.2, -0.15) is 0 Å². The largest absolute Gasteiger partial charge is 0.312 e. The Labute approximate surface area is 165 Å². The molecule has 1 aliphatic heterocycles. The second-order valence-corrected chi connectivity index (χ2v) is 7.81. The van der Waals surface area contributed by atoms with Gasteiger partial charge in [0.05, 0.1) is 5.39 Å². The van der Waals surface area contributed by atoms with Crippen molar-refractivity contribution in [2.24, 2.45) is 0 Å². The molecule has 0 saturated carbocycles. The van der Waals surface area contributed by atoms with Gasteiger partial charge in [-0.05, 0) is 49.6 Å². The fraction of sp³-hybridized carbons (Fsp3) is 0.300. The summed E-state index contributed by atoms with van der Waals surface area (Å²) in [4.78, 5) is 44.9.